The highest BCUT2D eigenvalue weighted by atomic mass is 19.1. The molecular formula is C16H21F2NO2. The summed E-state index contributed by atoms with van der Waals surface area (Å²) in [4.78, 5) is 11.8. The van der Waals surface area contributed by atoms with Gasteiger partial charge in [-0.2, -0.15) is 0 Å². The monoisotopic (exact) mass is 297 g/mol. The van der Waals surface area contributed by atoms with Crippen LogP contribution in [-0.2, 0) is 10.2 Å². The van der Waals surface area contributed by atoms with Gasteiger partial charge in [0.1, 0.15) is 11.6 Å². The molecule has 1 aromatic rings. The molecule has 21 heavy (non-hydrogen) atoms. The number of rotatable bonds is 6. The van der Waals surface area contributed by atoms with Gasteiger partial charge < -0.3 is 10.4 Å². The van der Waals surface area contributed by atoms with Crippen LogP contribution >= 0.6 is 0 Å². The fraction of sp³-hybridized carbons (Fsp3) is 0.562. The van der Waals surface area contributed by atoms with E-state index in [0.717, 1.165) is 18.9 Å². The van der Waals surface area contributed by atoms with E-state index in [0.29, 0.717) is 12.1 Å². The average Bonchev–Trinajstić information content (AvgIpc) is 3.17. The number of aliphatic hydroxyl groups excluding tert-OH is 1. The first-order valence-corrected chi connectivity index (χ1v) is 7.24. The number of benzene rings is 1. The molecule has 1 fully saturated rings. The van der Waals surface area contributed by atoms with Crippen molar-refractivity contribution in [3.05, 3.63) is 35.4 Å². The van der Waals surface area contributed by atoms with Gasteiger partial charge in [-0.3, -0.25) is 4.79 Å². The van der Waals surface area contributed by atoms with Gasteiger partial charge in [0.05, 0.1) is 12.5 Å². The largest absolute Gasteiger partial charge is 0.392 e. The third-order valence-electron chi connectivity index (χ3n) is 4.14. The minimum absolute atomic E-state index is 0.0141. The van der Waals surface area contributed by atoms with Crippen molar-refractivity contribution in [3.8, 4) is 0 Å². The molecule has 0 heterocycles. The third kappa shape index (κ3) is 3.79. The van der Waals surface area contributed by atoms with Gasteiger partial charge in [-0.05, 0) is 30.4 Å². The Morgan fingerprint density at radius 1 is 1.38 bits per heavy atom. The van der Waals surface area contributed by atoms with Crippen LogP contribution in [0, 0.1) is 17.6 Å². The molecule has 1 aromatic carbocycles. The molecule has 3 nitrogen and oxygen atoms in total. The molecule has 1 atom stereocenters. The zero-order chi connectivity index (χ0) is 15.6. The lowest BCUT2D eigenvalue weighted by Gasteiger charge is -2.19. The van der Waals surface area contributed by atoms with Gasteiger partial charge in [-0.25, -0.2) is 8.78 Å². The highest BCUT2D eigenvalue weighted by Gasteiger charge is 2.46. The topological polar surface area (TPSA) is 49.3 Å². The highest BCUT2D eigenvalue weighted by molar-refractivity contribution is 5.76. The van der Waals surface area contributed by atoms with Gasteiger partial charge in [0.25, 0.3) is 0 Å². The first-order valence-electron chi connectivity index (χ1n) is 7.24. The van der Waals surface area contributed by atoms with Gasteiger partial charge in [0, 0.05) is 18.0 Å². The number of carbonyl (C=O) groups is 1. The van der Waals surface area contributed by atoms with Crippen LogP contribution in [0.5, 0.6) is 0 Å². The Balaban J connectivity index is 1.95. The third-order valence-corrected chi connectivity index (χ3v) is 4.14. The van der Waals surface area contributed by atoms with E-state index in [9.17, 15) is 18.7 Å². The predicted octanol–water partition coefficient (Wildman–Crippen LogP) is 2.52. The summed E-state index contributed by atoms with van der Waals surface area (Å²) >= 11 is 0. The lowest BCUT2D eigenvalue weighted by Crippen LogP contribution is -2.35. The fourth-order valence-electron chi connectivity index (χ4n) is 2.38. The normalized spacial score (nSPS) is 17.6. The Labute approximate surface area is 123 Å². The van der Waals surface area contributed by atoms with E-state index in [-0.39, 0.29) is 18.2 Å². The molecular weight excluding hydrogens is 276 g/mol. The molecule has 1 aliphatic rings. The van der Waals surface area contributed by atoms with Crippen molar-refractivity contribution in [2.45, 2.75) is 44.6 Å². The zero-order valence-corrected chi connectivity index (χ0v) is 12.3. The first-order chi connectivity index (χ1) is 9.84. The molecule has 0 saturated heterocycles. The summed E-state index contributed by atoms with van der Waals surface area (Å²) in [7, 11) is 0. The minimum atomic E-state index is -0.678. The molecule has 116 valence electrons. The van der Waals surface area contributed by atoms with Crippen molar-refractivity contribution in [1.29, 1.82) is 0 Å². The van der Waals surface area contributed by atoms with Gasteiger partial charge >= 0.3 is 0 Å². The Morgan fingerprint density at radius 3 is 2.57 bits per heavy atom. The highest BCUT2D eigenvalue weighted by Crippen LogP contribution is 2.48. The van der Waals surface area contributed by atoms with Crippen LogP contribution in [0.1, 0.15) is 38.7 Å². The predicted molar refractivity (Wildman–Crippen MR) is 75.7 cm³/mol. The van der Waals surface area contributed by atoms with E-state index < -0.39 is 23.2 Å². The number of amides is 1. The standard InChI is InChI=1S/C16H21F2NO2/c1-10(2)14(20)8-15(21)19-9-16(5-6-16)12-4-3-11(17)7-13(12)18/h3-4,7,10,14,20H,5-6,8-9H2,1-2H3,(H,19,21). The Bertz CT molecular complexity index is 527. The lowest BCUT2D eigenvalue weighted by molar-refractivity contribution is -0.123. The van der Waals surface area contributed by atoms with Crippen molar-refractivity contribution in [2.24, 2.45) is 5.92 Å². The maximum Gasteiger partial charge on any atom is 0.222 e. The van der Waals surface area contributed by atoms with E-state index >= 15 is 0 Å². The molecule has 1 saturated carbocycles. The van der Waals surface area contributed by atoms with E-state index in [1.54, 1.807) is 0 Å². The van der Waals surface area contributed by atoms with Crippen LogP contribution in [0.2, 0.25) is 0 Å². The van der Waals surface area contributed by atoms with Gasteiger partial charge in [0.15, 0.2) is 0 Å². The summed E-state index contributed by atoms with van der Waals surface area (Å²) in [5, 5.41) is 12.4. The molecule has 0 aromatic heterocycles. The lowest BCUT2D eigenvalue weighted by atomic mass is 9.95. The maximum absolute atomic E-state index is 13.8. The van der Waals surface area contributed by atoms with Crippen LogP contribution in [0.4, 0.5) is 8.78 Å². The molecule has 5 heteroatoms. The molecule has 2 rings (SSSR count). The van der Waals surface area contributed by atoms with E-state index in [1.165, 1.54) is 12.1 Å². The fourth-order valence-corrected chi connectivity index (χ4v) is 2.38. The van der Waals surface area contributed by atoms with E-state index in [4.69, 9.17) is 0 Å². The molecule has 0 bridgehead atoms. The summed E-state index contributed by atoms with van der Waals surface area (Å²) in [6, 6.07) is 3.56. The Kier molecular flexibility index (Phi) is 4.61. The average molecular weight is 297 g/mol. The summed E-state index contributed by atoms with van der Waals surface area (Å²) in [6.07, 6.45) is 0.896. The summed E-state index contributed by atoms with van der Waals surface area (Å²) < 4.78 is 26.8. The molecule has 1 amide bonds. The van der Waals surface area contributed by atoms with E-state index in [2.05, 4.69) is 5.32 Å². The summed E-state index contributed by atoms with van der Waals surface area (Å²) in [5.41, 5.74) is 0.0320. The zero-order valence-electron chi connectivity index (χ0n) is 12.3. The molecule has 0 radical (unpaired) electrons. The molecule has 1 aliphatic carbocycles. The number of aliphatic hydroxyl groups is 1. The van der Waals surface area contributed by atoms with Crippen LogP contribution < -0.4 is 5.32 Å². The van der Waals surface area contributed by atoms with Crippen molar-refractivity contribution < 1.29 is 18.7 Å². The maximum atomic E-state index is 13.8. The Morgan fingerprint density at radius 2 is 2.05 bits per heavy atom. The van der Waals surface area contributed by atoms with Crippen LogP contribution in [-0.4, -0.2) is 23.7 Å². The summed E-state index contributed by atoms with van der Waals surface area (Å²) in [5.74, 6) is -1.40. The second-order valence-corrected chi connectivity index (χ2v) is 6.20. The van der Waals surface area contributed by atoms with Crippen LogP contribution in [0.3, 0.4) is 0 Å². The van der Waals surface area contributed by atoms with Crippen molar-refractivity contribution >= 4 is 5.91 Å². The number of halogens is 2. The first kappa shape index (κ1) is 15.9. The van der Waals surface area contributed by atoms with Crippen LogP contribution in [0.25, 0.3) is 0 Å². The van der Waals surface area contributed by atoms with E-state index in [1.807, 2.05) is 13.8 Å². The quantitative estimate of drug-likeness (QED) is 0.847. The Hall–Kier alpha value is -1.49. The molecule has 2 N–H and O–H groups in total. The second kappa shape index (κ2) is 6.10. The molecule has 1 unspecified atom stereocenters. The SMILES string of the molecule is CC(C)C(O)CC(=O)NCC1(c2ccc(F)cc2F)CC1. The molecule has 0 spiro atoms. The minimum Gasteiger partial charge on any atom is -0.392 e. The van der Waals surface area contributed by atoms with Gasteiger partial charge in [-0.1, -0.05) is 19.9 Å². The van der Waals surface area contributed by atoms with Crippen molar-refractivity contribution in [1.82, 2.24) is 5.32 Å². The van der Waals surface area contributed by atoms with Crippen molar-refractivity contribution in [3.63, 3.8) is 0 Å². The molecule has 0 aliphatic heterocycles. The number of nitrogens with one attached hydrogen (secondary N) is 1. The van der Waals surface area contributed by atoms with Gasteiger partial charge in [0.2, 0.25) is 5.91 Å². The van der Waals surface area contributed by atoms with Crippen molar-refractivity contribution in [2.75, 3.05) is 6.54 Å². The second-order valence-electron chi connectivity index (χ2n) is 6.20. The summed E-state index contributed by atoms with van der Waals surface area (Å²) in [6.45, 7) is 4.00. The number of carbonyl (C=O) groups excluding carboxylic acids is 1. The number of hydrogen-bond acceptors (Lipinski definition) is 2. The van der Waals surface area contributed by atoms with Crippen LogP contribution in [0.15, 0.2) is 18.2 Å². The smallest absolute Gasteiger partial charge is 0.222 e. The number of hydrogen-bond donors (Lipinski definition) is 2. The van der Waals surface area contributed by atoms with Gasteiger partial charge in [-0.15, -0.1) is 0 Å².